The summed E-state index contributed by atoms with van der Waals surface area (Å²) >= 11 is 0. The minimum absolute atomic E-state index is 0.139. The molecule has 0 saturated carbocycles. The largest absolute Gasteiger partial charge is 0.383 e. The summed E-state index contributed by atoms with van der Waals surface area (Å²) in [5, 5.41) is 0. The SMILES string of the molecule is COCCN(CCOC)C(=O)c1cc(S(C)(=O)=O)ccc1C. The summed E-state index contributed by atoms with van der Waals surface area (Å²) in [5.74, 6) is -0.225. The molecule has 0 spiro atoms. The molecule has 0 bridgehead atoms. The molecule has 1 amide bonds. The first-order chi connectivity index (χ1) is 10.3. The lowest BCUT2D eigenvalue weighted by Gasteiger charge is -2.23. The van der Waals surface area contributed by atoms with Crippen LogP contribution in [-0.2, 0) is 19.3 Å². The molecule has 0 fully saturated rings. The van der Waals surface area contributed by atoms with Crippen LogP contribution in [0.15, 0.2) is 23.1 Å². The van der Waals surface area contributed by atoms with Crippen LogP contribution in [0.3, 0.4) is 0 Å². The van der Waals surface area contributed by atoms with E-state index in [0.29, 0.717) is 31.9 Å². The molecule has 1 rings (SSSR count). The smallest absolute Gasteiger partial charge is 0.254 e. The summed E-state index contributed by atoms with van der Waals surface area (Å²) in [5.41, 5.74) is 1.12. The molecule has 0 saturated heterocycles. The number of rotatable bonds is 8. The Morgan fingerprint density at radius 2 is 1.68 bits per heavy atom. The van der Waals surface area contributed by atoms with E-state index in [1.54, 1.807) is 32.1 Å². The molecular weight excluding hydrogens is 306 g/mol. The fourth-order valence-electron chi connectivity index (χ4n) is 1.95. The number of hydrogen-bond acceptors (Lipinski definition) is 5. The van der Waals surface area contributed by atoms with Crippen LogP contribution in [0.1, 0.15) is 15.9 Å². The van der Waals surface area contributed by atoms with Crippen LogP contribution in [0.25, 0.3) is 0 Å². The van der Waals surface area contributed by atoms with Crippen molar-refractivity contribution >= 4 is 15.7 Å². The van der Waals surface area contributed by atoms with Gasteiger partial charge in [0.1, 0.15) is 0 Å². The summed E-state index contributed by atoms with van der Waals surface area (Å²) in [7, 11) is -0.227. The average molecular weight is 329 g/mol. The number of ether oxygens (including phenoxy) is 2. The van der Waals surface area contributed by atoms with Crippen molar-refractivity contribution in [3.05, 3.63) is 29.3 Å². The highest BCUT2D eigenvalue weighted by Crippen LogP contribution is 2.17. The van der Waals surface area contributed by atoms with Crippen LogP contribution in [0.4, 0.5) is 0 Å². The lowest BCUT2D eigenvalue weighted by Crippen LogP contribution is -2.36. The molecule has 124 valence electrons. The van der Waals surface area contributed by atoms with Crippen molar-refractivity contribution in [2.75, 3.05) is 46.8 Å². The van der Waals surface area contributed by atoms with Crippen LogP contribution >= 0.6 is 0 Å². The Kier molecular flexibility index (Phi) is 6.99. The van der Waals surface area contributed by atoms with E-state index in [1.165, 1.54) is 12.1 Å². The Hall–Kier alpha value is -1.44. The number of methoxy groups -OCH3 is 2. The first-order valence-electron chi connectivity index (χ1n) is 6.89. The Balaban J connectivity index is 3.11. The third kappa shape index (κ3) is 5.08. The number of hydrogen-bond donors (Lipinski definition) is 0. The van der Waals surface area contributed by atoms with Gasteiger partial charge < -0.3 is 14.4 Å². The van der Waals surface area contributed by atoms with E-state index in [4.69, 9.17) is 9.47 Å². The number of carbonyl (C=O) groups is 1. The maximum Gasteiger partial charge on any atom is 0.254 e. The van der Waals surface area contributed by atoms with Crippen LogP contribution < -0.4 is 0 Å². The van der Waals surface area contributed by atoms with Gasteiger partial charge in [0, 0.05) is 39.1 Å². The molecule has 1 aromatic carbocycles. The van der Waals surface area contributed by atoms with E-state index in [-0.39, 0.29) is 10.8 Å². The topological polar surface area (TPSA) is 72.9 Å². The second kappa shape index (κ2) is 8.26. The van der Waals surface area contributed by atoms with Gasteiger partial charge in [-0.3, -0.25) is 4.79 Å². The van der Waals surface area contributed by atoms with Crippen LogP contribution in [0.2, 0.25) is 0 Å². The molecule has 0 aliphatic heterocycles. The zero-order valence-corrected chi connectivity index (χ0v) is 14.3. The van der Waals surface area contributed by atoms with Gasteiger partial charge in [-0.05, 0) is 24.6 Å². The molecule has 1 aromatic rings. The molecule has 22 heavy (non-hydrogen) atoms. The minimum Gasteiger partial charge on any atom is -0.383 e. The van der Waals surface area contributed by atoms with Crippen LogP contribution in [0, 0.1) is 6.92 Å². The quantitative estimate of drug-likeness (QED) is 0.715. The number of nitrogens with zero attached hydrogens (tertiary/aromatic N) is 1. The van der Waals surface area contributed by atoms with Gasteiger partial charge in [-0.15, -0.1) is 0 Å². The van der Waals surface area contributed by atoms with Gasteiger partial charge in [-0.1, -0.05) is 6.07 Å². The zero-order valence-electron chi connectivity index (χ0n) is 13.5. The predicted molar refractivity (Wildman–Crippen MR) is 83.9 cm³/mol. The van der Waals surface area contributed by atoms with Crippen molar-refractivity contribution in [1.29, 1.82) is 0 Å². The predicted octanol–water partition coefficient (Wildman–Crippen LogP) is 1.13. The summed E-state index contributed by atoms with van der Waals surface area (Å²) < 4.78 is 33.4. The van der Waals surface area contributed by atoms with Gasteiger partial charge in [0.15, 0.2) is 9.84 Å². The summed E-state index contributed by atoms with van der Waals surface area (Å²) in [6.45, 7) is 3.42. The molecular formula is C15H23NO5S. The van der Waals surface area contributed by atoms with Crippen molar-refractivity contribution in [3.63, 3.8) is 0 Å². The number of aryl methyl sites for hydroxylation is 1. The van der Waals surface area contributed by atoms with Crippen LogP contribution in [0.5, 0.6) is 0 Å². The normalized spacial score (nSPS) is 11.5. The van der Waals surface area contributed by atoms with Gasteiger partial charge in [-0.25, -0.2) is 8.42 Å². The van der Waals surface area contributed by atoms with Gasteiger partial charge in [0.2, 0.25) is 0 Å². The molecule has 0 heterocycles. The molecule has 0 N–H and O–H groups in total. The Morgan fingerprint density at radius 3 is 2.14 bits per heavy atom. The second-order valence-corrected chi connectivity index (χ2v) is 7.04. The number of amides is 1. The van der Waals surface area contributed by atoms with Crippen molar-refractivity contribution in [2.45, 2.75) is 11.8 Å². The van der Waals surface area contributed by atoms with Gasteiger partial charge in [0.25, 0.3) is 5.91 Å². The van der Waals surface area contributed by atoms with Crippen molar-refractivity contribution < 1.29 is 22.7 Å². The molecule has 0 atom stereocenters. The highest BCUT2D eigenvalue weighted by Gasteiger charge is 2.19. The first kappa shape index (κ1) is 18.6. The fourth-order valence-corrected chi connectivity index (χ4v) is 2.60. The molecule has 0 aliphatic carbocycles. The lowest BCUT2D eigenvalue weighted by atomic mass is 10.1. The Bertz CT molecular complexity index is 604. The van der Waals surface area contributed by atoms with E-state index in [9.17, 15) is 13.2 Å². The van der Waals surface area contributed by atoms with E-state index in [2.05, 4.69) is 0 Å². The van der Waals surface area contributed by atoms with E-state index >= 15 is 0 Å². The number of benzene rings is 1. The van der Waals surface area contributed by atoms with Gasteiger partial charge in [0.05, 0.1) is 18.1 Å². The van der Waals surface area contributed by atoms with Crippen molar-refractivity contribution in [1.82, 2.24) is 4.90 Å². The molecule has 6 nitrogen and oxygen atoms in total. The van der Waals surface area contributed by atoms with E-state index in [1.807, 2.05) is 0 Å². The van der Waals surface area contributed by atoms with Gasteiger partial charge in [-0.2, -0.15) is 0 Å². The monoisotopic (exact) mass is 329 g/mol. The van der Waals surface area contributed by atoms with E-state index < -0.39 is 9.84 Å². The van der Waals surface area contributed by atoms with Crippen molar-refractivity contribution in [3.8, 4) is 0 Å². The fraction of sp³-hybridized carbons (Fsp3) is 0.533. The third-order valence-electron chi connectivity index (χ3n) is 3.29. The molecule has 0 unspecified atom stereocenters. The highest BCUT2D eigenvalue weighted by atomic mass is 32.2. The molecule has 0 aromatic heterocycles. The molecule has 0 radical (unpaired) electrons. The number of sulfone groups is 1. The summed E-state index contributed by atoms with van der Waals surface area (Å²) in [6, 6.07) is 4.59. The zero-order chi connectivity index (χ0) is 16.8. The third-order valence-corrected chi connectivity index (χ3v) is 4.40. The second-order valence-electron chi connectivity index (χ2n) is 5.03. The first-order valence-corrected chi connectivity index (χ1v) is 8.78. The summed E-state index contributed by atoms with van der Waals surface area (Å²) in [6.07, 6.45) is 1.12. The molecule has 0 aliphatic rings. The maximum absolute atomic E-state index is 12.7. The van der Waals surface area contributed by atoms with Gasteiger partial charge >= 0.3 is 0 Å². The lowest BCUT2D eigenvalue weighted by molar-refractivity contribution is 0.0626. The molecule has 7 heteroatoms. The average Bonchev–Trinajstić information content (AvgIpc) is 2.46. The van der Waals surface area contributed by atoms with Crippen molar-refractivity contribution in [2.24, 2.45) is 0 Å². The van der Waals surface area contributed by atoms with Crippen LogP contribution in [-0.4, -0.2) is 66.0 Å². The Morgan fingerprint density at radius 1 is 1.14 bits per heavy atom. The standard InChI is InChI=1S/C15H23NO5S/c1-12-5-6-13(22(4,18)19)11-14(12)15(17)16(7-9-20-2)8-10-21-3/h5-6,11H,7-10H2,1-4H3. The summed E-state index contributed by atoms with van der Waals surface area (Å²) in [4.78, 5) is 14.4. The number of carbonyl (C=O) groups excluding carboxylic acids is 1. The Labute approximate surface area is 131 Å². The highest BCUT2D eigenvalue weighted by molar-refractivity contribution is 7.90. The minimum atomic E-state index is -3.36. The maximum atomic E-state index is 12.7. The van der Waals surface area contributed by atoms with E-state index in [0.717, 1.165) is 11.8 Å².